The van der Waals surface area contributed by atoms with Gasteiger partial charge < -0.3 is 4.57 Å². The Bertz CT molecular complexity index is 318. The van der Waals surface area contributed by atoms with Gasteiger partial charge in [0.25, 0.3) is 0 Å². The van der Waals surface area contributed by atoms with Gasteiger partial charge in [-0.05, 0) is 23.8 Å². The molecule has 0 aliphatic carbocycles. The highest BCUT2D eigenvalue weighted by atomic mass is 28.3. The van der Waals surface area contributed by atoms with Crippen LogP contribution in [0.1, 0.15) is 19.4 Å². The molecule has 81 valence electrons. The standard InChI is InChI=1S/C13H20NSi/c1-5-12-9-8-10-13(11-12)15(4)14(6-2)7-3/h5,8-11H,1,6-7H2,2-4H3. The predicted molar refractivity (Wildman–Crippen MR) is 70.7 cm³/mol. The molecule has 0 aromatic heterocycles. The van der Waals surface area contributed by atoms with Gasteiger partial charge in [0.15, 0.2) is 8.96 Å². The zero-order valence-corrected chi connectivity index (χ0v) is 11.0. The Labute approximate surface area is 95.1 Å². The van der Waals surface area contributed by atoms with E-state index in [-0.39, 0.29) is 0 Å². The minimum absolute atomic E-state index is 0.554. The number of hydrogen-bond donors (Lipinski definition) is 0. The van der Waals surface area contributed by atoms with E-state index in [9.17, 15) is 0 Å². The highest BCUT2D eigenvalue weighted by Crippen LogP contribution is 2.01. The first-order valence-corrected chi connectivity index (χ1v) is 7.49. The molecular formula is C13H20NSi. The van der Waals surface area contributed by atoms with Crippen LogP contribution in [0.25, 0.3) is 6.08 Å². The molecule has 1 aromatic rings. The molecule has 0 aliphatic heterocycles. The first-order chi connectivity index (χ1) is 7.22. The molecule has 1 aromatic carbocycles. The van der Waals surface area contributed by atoms with Crippen molar-refractivity contribution in [2.75, 3.05) is 13.1 Å². The Kier molecular flexibility index (Phi) is 4.79. The Balaban J connectivity index is 2.89. The summed E-state index contributed by atoms with van der Waals surface area (Å²) in [5.74, 6) is 0. The second kappa shape index (κ2) is 5.88. The molecule has 0 amide bonds. The lowest BCUT2D eigenvalue weighted by Gasteiger charge is -2.25. The third-order valence-corrected chi connectivity index (χ3v) is 5.51. The van der Waals surface area contributed by atoms with Crippen LogP contribution in [0.3, 0.4) is 0 Å². The summed E-state index contributed by atoms with van der Waals surface area (Å²) in [5, 5.41) is 1.47. The summed E-state index contributed by atoms with van der Waals surface area (Å²) >= 11 is 0. The largest absolute Gasteiger partial charge is 0.321 e. The van der Waals surface area contributed by atoms with E-state index in [2.05, 4.69) is 55.8 Å². The molecule has 0 saturated carbocycles. The van der Waals surface area contributed by atoms with Crippen LogP contribution in [0.5, 0.6) is 0 Å². The minimum Gasteiger partial charge on any atom is -0.321 e. The van der Waals surface area contributed by atoms with Gasteiger partial charge in [0.2, 0.25) is 0 Å². The second-order valence-electron chi connectivity index (χ2n) is 3.59. The van der Waals surface area contributed by atoms with E-state index >= 15 is 0 Å². The Morgan fingerprint density at radius 2 is 2.00 bits per heavy atom. The number of benzene rings is 1. The first kappa shape index (κ1) is 12.2. The van der Waals surface area contributed by atoms with Gasteiger partial charge >= 0.3 is 0 Å². The first-order valence-electron chi connectivity index (χ1n) is 5.54. The van der Waals surface area contributed by atoms with Crippen molar-refractivity contribution in [1.82, 2.24) is 4.57 Å². The number of nitrogens with zero attached hydrogens (tertiary/aromatic N) is 1. The number of hydrogen-bond acceptors (Lipinski definition) is 1. The average molecular weight is 218 g/mol. The van der Waals surface area contributed by atoms with Gasteiger partial charge in [0.05, 0.1) is 0 Å². The maximum atomic E-state index is 3.81. The van der Waals surface area contributed by atoms with Gasteiger partial charge in [-0.2, -0.15) is 0 Å². The summed E-state index contributed by atoms with van der Waals surface area (Å²) < 4.78 is 2.55. The van der Waals surface area contributed by atoms with Crippen molar-refractivity contribution in [2.45, 2.75) is 20.4 Å². The van der Waals surface area contributed by atoms with Crippen molar-refractivity contribution in [3.05, 3.63) is 36.4 Å². The van der Waals surface area contributed by atoms with Crippen LogP contribution >= 0.6 is 0 Å². The molecule has 2 heteroatoms. The quantitative estimate of drug-likeness (QED) is 0.686. The fourth-order valence-electron chi connectivity index (χ4n) is 1.77. The van der Waals surface area contributed by atoms with Crippen LogP contribution in [0.4, 0.5) is 0 Å². The zero-order valence-electron chi connectivity index (χ0n) is 9.96. The summed E-state index contributed by atoms with van der Waals surface area (Å²) in [7, 11) is -0.554. The zero-order chi connectivity index (χ0) is 11.3. The van der Waals surface area contributed by atoms with Crippen molar-refractivity contribution in [2.24, 2.45) is 0 Å². The molecule has 0 spiro atoms. The number of rotatable bonds is 5. The van der Waals surface area contributed by atoms with E-state index in [0.717, 1.165) is 13.1 Å². The van der Waals surface area contributed by atoms with Crippen LogP contribution in [-0.4, -0.2) is 26.6 Å². The van der Waals surface area contributed by atoms with Gasteiger partial charge in [0, 0.05) is 0 Å². The molecule has 0 fully saturated rings. The SMILES string of the molecule is C=Cc1cccc([Si](C)N(CC)CC)c1. The van der Waals surface area contributed by atoms with Crippen LogP contribution in [0.2, 0.25) is 6.55 Å². The van der Waals surface area contributed by atoms with Crippen LogP contribution in [-0.2, 0) is 0 Å². The van der Waals surface area contributed by atoms with Crippen molar-refractivity contribution in [1.29, 1.82) is 0 Å². The lowest BCUT2D eigenvalue weighted by Crippen LogP contribution is -2.45. The third-order valence-electron chi connectivity index (χ3n) is 2.78. The molecule has 0 atom stereocenters. The molecule has 0 N–H and O–H groups in total. The van der Waals surface area contributed by atoms with Gasteiger partial charge in [-0.15, -0.1) is 0 Å². The second-order valence-corrected chi connectivity index (χ2v) is 5.97. The maximum Gasteiger partial charge on any atom is 0.169 e. The average Bonchev–Trinajstić information content (AvgIpc) is 2.30. The summed E-state index contributed by atoms with van der Waals surface area (Å²) in [5.41, 5.74) is 1.23. The summed E-state index contributed by atoms with van der Waals surface area (Å²) in [6, 6.07) is 8.73. The van der Waals surface area contributed by atoms with Gasteiger partial charge in [-0.3, -0.25) is 0 Å². The third kappa shape index (κ3) is 3.04. The van der Waals surface area contributed by atoms with Crippen molar-refractivity contribution in [3.63, 3.8) is 0 Å². The lowest BCUT2D eigenvalue weighted by molar-refractivity contribution is 0.487. The Morgan fingerprint density at radius 1 is 1.33 bits per heavy atom. The highest BCUT2D eigenvalue weighted by Gasteiger charge is 2.14. The van der Waals surface area contributed by atoms with Crippen molar-refractivity contribution >= 4 is 20.2 Å². The normalized spacial score (nSPS) is 11.0. The van der Waals surface area contributed by atoms with Crippen molar-refractivity contribution < 1.29 is 0 Å². The fourth-order valence-corrected chi connectivity index (χ4v) is 3.80. The molecule has 1 rings (SSSR count). The molecule has 0 bridgehead atoms. The summed E-state index contributed by atoms with van der Waals surface area (Å²) in [4.78, 5) is 0. The minimum atomic E-state index is -0.554. The molecule has 0 aliphatic rings. The predicted octanol–water partition coefficient (Wildman–Crippen LogP) is 2.50. The molecular weight excluding hydrogens is 198 g/mol. The van der Waals surface area contributed by atoms with E-state index < -0.39 is 8.96 Å². The van der Waals surface area contributed by atoms with Crippen LogP contribution in [0, 0.1) is 0 Å². The molecule has 1 radical (unpaired) electrons. The smallest absolute Gasteiger partial charge is 0.169 e. The highest BCUT2D eigenvalue weighted by molar-refractivity contribution is 6.69. The molecule has 1 nitrogen and oxygen atoms in total. The molecule has 0 saturated heterocycles. The summed E-state index contributed by atoms with van der Waals surface area (Å²) in [6.45, 7) is 12.9. The van der Waals surface area contributed by atoms with E-state index in [1.54, 1.807) is 0 Å². The van der Waals surface area contributed by atoms with E-state index in [1.165, 1.54) is 10.8 Å². The molecule has 0 heterocycles. The lowest BCUT2D eigenvalue weighted by atomic mass is 10.2. The Morgan fingerprint density at radius 3 is 2.53 bits per heavy atom. The van der Waals surface area contributed by atoms with Crippen LogP contribution < -0.4 is 5.19 Å². The van der Waals surface area contributed by atoms with E-state index in [4.69, 9.17) is 0 Å². The van der Waals surface area contributed by atoms with Crippen molar-refractivity contribution in [3.8, 4) is 0 Å². The van der Waals surface area contributed by atoms with Gasteiger partial charge in [0.1, 0.15) is 0 Å². The molecule has 0 unspecified atom stereocenters. The fraction of sp³-hybridized carbons (Fsp3) is 0.385. The monoisotopic (exact) mass is 218 g/mol. The van der Waals surface area contributed by atoms with Gasteiger partial charge in [-0.25, -0.2) is 0 Å². The molecule has 15 heavy (non-hydrogen) atoms. The summed E-state index contributed by atoms with van der Waals surface area (Å²) in [6.07, 6.45) is 1.92. The maximum absolute atomic E-state index is 3.81. The van der Waals surface area contributed by atoms with Gasteiger partial charge in [-0.1, -0.05) is 57.3 Å². The van der Waals surface area contributed by atoms with E-state index in [0.29, 0.717) is 0 Å². The topological polar surface area (TPSA) is 3.24 Å². The van der Waals surface area contributed by atoms with Crippen LogP contribution in [0.15, 0.2) is 30.8 Å². The Hall–Kier alpha value is -0.863. The van der Waals surface area contributed by atoms with E-state index in [1.807, 2.05) is 6.08 Å².